The zero-order valence-corrected chi connectivity index (χ0v) is 16.0. The van der Waals surface area contributed by atoms with Gasteiger partial charge in [-0.2, -0.15) is 0 Å². The van der Waals surface area contributed by atoms with Crippen LogP contribution in [0.3, 0.4) is 0 Å². The van der Waals surface area contributed by atoms with Crippen LogP contribution in [0, 0.1) is 6.92 Å². The van der Waals surface area contributed by atoms with Crippen molar-refractivity contribution in [2.24, 2.45) is 0 Å². The van der Waals surface area contributed by atoms with E-state index in [1.165, 1.54) is 6.92 Å². The van der Waals surface area contributed by atoms with E-state index >= 15 is 0 Å². The van der Waals surface area contributed by atoms with Crippen molar-refractivity contribution in [2.45, 2.75) is 26.8 Å². The highest BCUT2D eigenvalue weighted by Gasteiger charge is 2.14. The molecule has 2 rings (SSSR count). The maximum absolute atomic E-state index is 12.2. The lowest BCUT2D eigenvalue weighted by Gasteiger charge is -2.21. The second-order valence-corrected chi connectivity index (χ2v) is 6.35. The predicted molar refractivity (Wildman–Crippen MR) is 104 cm³/mol. The van der Waals surface area contributed by atoms with Crippen molar-refractivity contribution >= 4 is 29.1 Å². The quantitative estimate of drug-likeness (QED) is 0.803. The van der Waals surface area contributed by atoms with Gasteiger partial charge >= 0.3 is 0 Å². The molecule has 0 saturated heterocycles. The molecule has 0 heterocycles. The Bertz CT molecular complexity index is 792. The maximum atomic E-state index is 12.2. The molecule has 0 aliphatic rings. The number of carbonyl (C=O) groups excluding carboxylic acids is 2. The Morgan fingerprint density at radius 1 is 1.19 bits per heavy atom. The van der Waals surface area contributed by atoms with Crippen LogP contribution in [0.25, 0.3) is 0 Å². The van der Waals surface area contributed by atoms with Crippen molar-refractivity contribution in [1.29, 1.82) is 0 Å². The summed E-state index contributed by atoms with van der Waals surface area (Å²) in [5, 5.41) is 3.45. The Morgan fingerprint density at radius 3 is 2.58 bits per heavy atom. The lowest BCUT2D eigenvalue weighted by atomic mass is 10.2. The molecular weight excluding hydrogens is 352 g/mol. The van der Waals surface area contributed by atoms with Crippen molar-refractivity contribution < 1.29 is 14.3 Å². The van der Waals surface area contributed by atoms with Gasteiger partial charge in [0.05, 0.1) is 7.11 Å². The number of nitrogens with one attached hydrogen (secondary N) is 1. The van der Waals surface area contributed by atoms with E-state index in [2.05, 4.69) is 5.32 Å². The summed E-state index contributed by atoms with van der Waals surface area (Å²) in [6.45, 7) is 4.03. The third-order valence-corrected chi connectivity index (χ3v) is 4.49. The molecule has 0 aromatic heterocycles. The number of rotatable bonds is 7. The molecular formula is C20H23ClN2O3. The van der Waals surface area contributed by atoms with Crippen LogP contribution in [0.15, 0.2) is 42.5 Å². The van der Waals surface area contributed by atoms with Crippen LogP contribution in [0.1, 0.15) is 24.5 Å². The zero-order chi connectivity index (χ0) is 19.1. The minimum absolute atomic E-state index is 0.137. The van der Waals surface area contributed by atoms with Gasteiger partial charge in [-0.15, -0.1) is 0 Å². The predicted octanol–water partition coefficient (Wildman–Crippen LogP) is 3.72. The fraction of sp³-hybridized carbons (Fsp3) is 0.300. The van der Waals surface area contributed by atoms with Gasteiger partial charge in [0.1, 0.15) is 5.75 Å². The maximum Gasteiger partial charge on any atom is 0.223 e. The van der Waals surface area contributed by atoms with Crippen LogP contribution in [0.5, 0.6) is 5.75 Å². The number of halogens is 1. The lowest BCUT2D eigenvalue weighted by Crippen LogP contribution is -2.33. The SMILES string of the molecule is COc1ccccc1CNC(=O)CCN(C(C)=O)c1ccc(C)c(Cl)c1. The minimum Gasteiger partial charge on any atom is -0.496 e. The number of nitrogens with zero attached hydrogens (tertiary/aromatic N) is 1. The van der Waals surface area contributed by atoms with Crippen LogP contribution < -0.4 is 15.0 Å². The van der Waals surface area contributed by atoms with Crippen molar-refractivity contribution in [3.05, 3.63) is 58.6 Å². The average molecular weight is 375 g/mol. The summed E-state index contributed by atoms with van der Waals surface area (Å²) in [7, 11) is 1.60. The van der Waals surface area contributed by atoms with Crippen LogP contribution in [-0.4, -0.2) is 25.5 Å². The summed E-state index contributed by atoms with van der Waals surface area (Å²) in [4.78, 5) is 25.7. The molecule has 0 aliphatic heterocycles. The van der Waals surface area contributed by atoms with E-state index in [-0.39, 0.29) is 24.8 Å². The van der Waals surface area contributed by atoms with E-state index in [0.29, 0.717) is 17.3 Å². The summed E-state index contributed by atoms with van der Waals surface area (Å²) >= 11 is 6.14. The third kappa shape index (κ3) is 5.23. The molecule has 0 radical (unpaired) electrons. The molecule has 0 bridgehead atoms. The smallest absolute Gasteiger partial charge is 0.223 e. The van der Waals surface area contributed by atoms with Gasteiger partial charge in [-0.05, 0) is 30.7 Å². The third-order valence-electron chi connectivity index (χ3n) is 4.08. The van der Waals surface area contributed by atoms with Crippen LogP contribution in [0.2, 0.25) is 5.02 Å². The number of anilines is 1. The number of aryl methyl sites for hydroxylation is 1. The number of hydrogen-bond donors (Lipinski definition) is 1. The molecule has 0 saturated carbocycles. The largest absolute Gasteiger partial charge is 0.496 e. The van der Waals surface area contributed by atoms with Gasteiger partial charge in [0, 0.05) is 42.7 Å². The van der Waals surface area contributed by atoms with E-state index < -0.39 is 0 Å². The summed E-state index contributed by atoms with van der Waals surface area (Å²) < 4.78 is 5.27. The van der Waals surface area contributed by atoms with Gasteiger partial charge in [-0.25, -0.2) is 0 Å². The second kappa shape index (κ2) is 9.25. The van der Waals surface area contributed by atoms with Crippen molar-refractivity contribution in [2.75, 3.05) is 18.6 Å². The van der Waals surface area contributed by atoms with Gasteiger partial charge in [-0.3, -0.25) is 9.59 Å². The summed E-state index contributed by atoms with van der Waals surface area (Å²) in [5.74, 6) is 0.454. The molecule has 5 nitrogen and oxygen atoms in total. The van der Waals surface area contributed by atoms with E-state index in [4.69, 9.17) is 16.3 Å². The highest BCUT2D eigenvalue weighted by Crippen LogP contribution is 2.23. The Morgan fingerprint density at radius 2 is 1.92 bits per heavy atom. The van der Waals surface area contributed by atoms with Crippen molar-refractivity contribution in [3.63, 3.8) is 0 Å². The number of ether oxygens (including phenoxy) is 1. The number of hydrogen-bond acceptors (Lipinski definition) is 3. The molecule has 2 aromatic carbocycles. The van der Waals surface area contributed by atoms with Gasteiger partial charge < -0.3 is 15.0 Å². The van der Waals surface area contributed by atoms with Crippen LogP contribution in [-0.2, 0) is 16.1 Å². The molecule has 0 aliphatic carbocycles. The number of benzene rings is 2. The Kier molecular flexibility index (Phi) is 7.04. The number of methoxy groups -OCH3 is 1. The first-order valence-corrected chi connectivity index (χ1v) is 8.73. The molecule has 2 amide bonds. The molecule has 26 heavy (non-hydrogen) atoms. The minimum atomic E-state index is -0.139. The summed E-state index contributed by atoms with van der Waals surface area (Å²) in [5.41, 5.74) is 2.52. The first-order valence-electron chi connectivity index (χ1n) is 8.35. The second-order valence-electron chi connectivity index (χ2n) is 5.94. The molecule has 0 unspecified atom stereocenters. The van der Waals surface area contributed by atoms with Crippen molar-refractivity contribution in [3.8, 4) is 5.75 Å². The Balaban J connectivity index is 1.95. The molecule has 0 spiro atoms. The molecule has 138 valence electrons. The van der Waals surface area contributed by atoms with E-state index in [1.54, 1.807) is 18.1 Å². The number of para-hydroxylation sites is 1. The number of carbonyl (C=O) groups is 2. The van der Waals surface area contributed by atoms with E-state index in [0.717, 1.165) is 16.9 Å². The molecule has 6 heteroatoms. The fourth-order valence-corrected chi connectivity index (χ4v) is 2.74. The monoisotopic (exact) mass is 374 g/mol. The summed E-state index contributed by atoms with van der Waals surface area (Å²) in [6.07, 6.45) is 0.195. The topological polar surface area (TPSA) is 58.6 Å². The first-order chi connectivity index (χ1) is 12.4. The van der Waals surface area contributed by atoms with E-state index in [9.17, 15) is 9.59 Å². The van der Waals surface area contributed by atoms with Gasteiger partial charge in [0.2, 0.25) is 11.8 Å². The zero-order valence-electron chi connectivity index (χ0n) is 15.2. The first kappa shape index (κ1) is 19.8. The molecule has 0 fully saturated rings. The lowest BCUT2D eigenvalue weighted by molar-refractivity contribution is -0.121. The molecule has 1 N–H and O–H groups in total. The molecule has 0 atom stereocenters. The normalized spacial score (nSPS) is 10.3. The Labute approximate surface area is 158 Å². The summed E-state index contributed by atoms with van der Waals surface area (Å²) in [6, 6.07) is 12.9. The fourth-order valence-electron chi connectivity index (χ4n) is 2.56. The Hall–Kier alpha value is -2.53. The van der Waals surface area contributed by atoms with Crippen LogP contribution in [0.4, 0.5) is 5.69 Å². The molecule has 2 aromatic rings. The highest BCUT2D eigenvalue weighted by molar-refractivity contribution is 6.31. The van der Waals surface area contributed by atoms with E-state index in [1.807, 2.05) is 43.3 Å². The van der Waals surface area contributed by atoms with Crippen LogP contribution >= 0.6 is 11.6 Å². The van der Waals surface area contributed by atoms with Gasteiger partial charge in [-0.1, -0.05) is 35.9 Å². The standard InChI is InChI=1S/C20H23ClN2O3/c1-14-8-9-17(12-18(14)21)23(15(2)24)11-10-20(25)22-13-16-6-4-5-7-19(16)26-3/h4-9,12H,10-11,13H2,1-3H3,(H,22,25). The average Bonchev–Trinajstić information content (AvgIpc) is 2.63. The van der Waals surface area contributed by atoms with Crippen molar-refractivity contribution in [1.82, 2.24) is 5.32 Å². The van der Waals surface area contributed by atoms with Gasteiger partial charge in [0.25, 0.3) is 0 Å². The van der Waals surface area contributed by atoms with Gasteiger partial charge in [0.15, 0.2) is 0 Å². The highest BCUT2D eigenvalue weighted by atomic mass is 35.5. The number of amides is 2.